The number of hydrogen-bond acceptors (Lipinski definition) is 6. The number of esters is 1. The third kappa shape index (κ3) is 3.24. The van der Waals surface area contributed by atoms with Crippen molar-refractivity contribution >= 4 is 11.7 Å². The summed E-state index contributed by atoms with van der Waals surface area (Å²) < 4.78 is 12.0. The van der Waals surface area contributed by atoms with Gasteiger partial charge in [0.1, 0.15) is 11.9 Å². The zero-order chi connectivity index (χ0) is 18.8. The highest BCUT2D eigenvalue weighted by atomic mass is 16.5. The van der Waals surface area contributed by atoms with Gasteiger partial charge in [-0.05, 0) is 35.9 Å². The fraction of sp³-hybridized carbons (Fsp3) is 0.200. The number of fused-ring (bicyclic) bond motifs is 3. The zero-order valence-electron chi connectivity index (χ0n) is 15.1. The summed E-state index contributed by atoms with van der Waals surface area (Å²) in [4.78, 5) is 16.1. The van der Waals surface area contributed by atoms with E-state index in [1.165, 1.54) is 7.11 Å². The average Bonchev–Trinajstić information content (AvgIpc) is 3.21. The minimum atomic E-state index is -0.362. The summed E-state index contributed by atoms with van der Waals surface area (Å²) in [5.74, 6) is 0.468. The largest absolute Gasteiger partial charge is 0.497 e. The van der Waals surface area contributed by atoms with Gasteiger partial charge in [-0.15, -0.1) is 0 Å². The second-order valence-electron chi connectivity index (χ2n) is 6.22. The SMILES string of the molecule is COC(=O)c1ccc2c(c1)NC(NCc1ccc(OC)cc1)c1cncn1-2. The predicted octanol–water partition coefficient (Wildman–Crippen LogP) is 2.88. The molecule has 0 amide bonds. The van der Waals surface area contributed by atoms with Gasteiger partial charge < -0.3 is 14.8 Å². The van der Waals surface area contributed by atoms with Crippen molar-refractivity contribution < 1.29 is 14.3 Å². The van der Waals surface area contributed by atoms with Gasteiger partial charge in [-0.25, -0.2) is 9.78 Å². The highest BCUT2D eigenvalue weighted by Crippen LogP contribution is 2.32. The first kappa shape index (κ1) is 17.1. The van der Waals surface area contributed by atoms with Gasteiger partial charge in [0.15, 0.2) is 0 Å². The van der Waals surface area contributed by atoms with Gasteiger partial charge in [0, 0.05) is 6.54 Å². The molecule has 2 aromatic carbocycles. The Balaban J connectivity index is 1.57. The van der Waals surface area contributed by atoms with Crippen LogP contribution in [0.5, 0.6) is 5.75 Å². The van der Waals surface area contributed by atoms with Crippen LogP contribution in [0, 0.1) is 0 Å². The van der Waals surface area contributed by atoms with Crippen molar-refractivity contribution in [2.24, 2.45) is 0 Å². The van der Waals surface area contributed by atoms with Gasteiger partial charge in [-0.1, -0.05) is 12.1 Å². The lowest BCUT2D eigenvalue weighted by atomic mass is 10.1. The number of ether oxygens (including phenoxy) is 2. The van der Waals surface area contributed by atoms with Crippen LogP contribution in [0.3, 0.4) is 0 Å². The number of benzene rings is 2. The normalized spacial score (nSPS) is 14.7. The first-order chi connectivity index (χ1) is 13.2. The molecule has 0 bridgehead atoms. The molecular formula is C20H20N4O3. The maximum absolute atomic E-state index is 11.8. The lowest BCUT2D eigenvalue weighted by Crippen LogP contribution is -2.32. The number of aromatic nitrogens is 2. The number of nitrogens with zero attached hydrogens (tertiary/aromatic N) is 2. The van der Waals surface area contributed by atoms with Gasteiger partial charge in [-0.3, -0.25) is 9.88 Å². The minimum absolute atomic E-state index is 0.144. The molecule has 1 aliphatic heterocycles. The Morgan fingerprint density at radius 1 is 1.22 bits per heavy atom. The van der Waals surface area contributed by atoms with Crippen LogP contribution >= 0.6 is 0 Å². The van der Waals surface area contributed by atoms with Crippen molar-refractivity contribution in [3.63, 3.8) is 0 Å². The molecule has 1 aliphatic rings. The Bertz CT molecular complexity index is 966. The quantitative estimate of drug-likeness (QED) is 0.678. The predicted molar refractivity (Wildman–Crippen MR) is 101 cm³/mol. The molecular weight excluding hydrogens is 344 g/mol. The summed E-state index contributed by atoms with van der Waals surface area (Å²) >= 11 is 0. The van der Waals surface area contributed by atoms with Crippen LogP contribution in [-0.2, 0) is 11.3 Å². The maximum Gasteiger partial charge on any atom is 0.337 e. The summed E-state index contributed by atoms with van der Waals surface area (Å²) in [6.45, 7) is 0.666. The fourth-order valence-corrected chi connectivity index (χ4v) is 3.18. The summed E-state index contributed by atoms with van der Waals surface area (Å²) in [6.07, 6.45) is 3.46. The molecule has 0 saturated carbocycles. The number of imidazole rings is 1. The number of anilines is 1. The van der Waals surface area contributed by atoms with Crippen molar-refractivity contribution in [2.45, 2.75) is 12.7 Å². The molecule has 1 atom stereocenters. The molecule has 2 N–H and O–H groups in total. The first-order valence-electron chi connectivity index (χ1n) is 8.57. The molecule has 1 aromatic heterocycles. The van der Waals surface area contributed by atoms with Crippen molar-refractivity contribution in [2.75, 3.05) is 19.5 Å². The Kier molecular flexibility index (Phi) is 4.52. The molecule has 138 valence electrons. The number of hydrogen-bond donors (Lipinski definition) is 2. The number of methoxy groups -OCH3 is 2. The smallest absolute Gasteiger partial charge is 0.337 e. The third-order valence-electron chi connectivity index (χ3n) is 4.61. The highest BCUT2D eigenvalue weighted by Gasteiger charge is 2.25. The Labute approximate surface area is 156 Å². The fourth-order valence-electron chi connectivity index (χ4n) is 3.18. The summed E-state index contributed by atoms with van der Waals surface area (Å²) in [5.41, 5.74) is 4.43. The monoisotopic (exact) mass is 364 g/mol. The molecule has 0 spiro atoms. The molecule has 0 fully saturated rings. The van der Waals surface area contributed by atoms with Crippen LogP contribution in [0.15, 0.2) is 55.0 Å². The Morgan fingerprint density at radius 2 is 2.04 bits per heavy atom. The van der Waals surface area contributed by atoms with Crippen LogP contribution in [-0.4, -0.2) is 29.7 Å². The van der Waals surface area contributed by atoms with Gasteiger partial charge in [0.05, 0.1) is 49.4 Å². The van der Waals surface area contributed by atoms with Crippen molar-refractivity contribution in [3.05, 3.63) is 71.8 Å². The molecule has 4 rings (SSSR count). The van der Waals surface area contributed by atoms with Crippen LogP contribution in [0.25, 0.3) is 5.69 Å². The van der Waals surface area contributed by atoms with E-state index < -0.39 is 0 Å². The summed E-state index contributed by atoms with van der Waals surface area (Å²) in [5, 5.41) is 6.94. The molecule has 2 heterocycles. The molecule has 1 unspecified atom stereocenters. The van der Waals surface area contributed by atoms with Crippen LogP contribution < -0.4 is 15.4 Å². The van der Waals surface area contributed by atoms with E-state index in [1.807, 2.05) is 41.1 Å². The second kappa shape index (κ2) is 7.13. The molecule has 27 heavy (non-hydrogen) atoms. The molecule has 0 radical (unpaired) electrons. The maximum atomic E-state index is 11.8. The zero-order valence-corrected chi connectivity index (χ0v) is 15.1. The molecule has 3 aromatic rings. The lowest BCUT2D eigenvalue weighted by molar-refractivity contribution is 0.0601. The van der Waals surface area contributed by atoms with E-state index in [0.29, 0.717) is 12.1 Å². The highest BCUT2D eigenvalue weighted by molar-refractivity contribution is 5.91. The first-order valence-corrected chi connectivity index (χ1v) is 8.57. The van der Waals surface area contributed by atoms with Crippen LogP contribution in [0.1, 0.15) is 27.8 Å². The van der Waals surface area contributed by atoms with Gasteiger partial charge >= 0.3 is 5.97 Å². The third-order valence-corrected chi connectivity index (χ3v) is 4.61. The number of carbonyl (C=O) groups is 1. The van der Waals surface area contributed by atoms with E-state index >= 15 is 0 Å². The molecule has 0 saturated heterocycles. The van der Waals surface area contributed by atoms with E-state index in [2.05, 4.69) is 15.6 Å². The molecule has 0 aliphatic carbocycles. The van der Waals surface area contributed by atoms with Gasteiger partial charge in [-0.2, -0.15) is 0 Å². The number of rotatable bonds is 5. The van der Waals surface area contributed by atoms with Crippen LogP contribution in [0.2, 0.25) is 0 Å². The van der Waals surface area contributed by atoms with E-state index in [1.54, 1.807) is 25.6 Å². The topological polar surface area (TPSA) is 77.4 Å². The molecule has 7 nitrogen and oxygen atoms in total. The van der Waals surface area contributed by atoms with Crippen molar-refractivity contribution in [1.29, 1.82) is 0 Å². The standard InChI is InChI=1S/C20H20N4O3/c1-26-15-6-3-13(4-7-15)10-22-19-18-11-21-12-24(18)17-8-5-14(20(25)27-2)9-16(17)23-19/h3-9,11-12,19,22-23H,10H2,1-2H3. The number of carbonyl (C=O) groups excluding carboxylic acids is 1. The Morgan fingerprint density at radius 3 is 2.78 bits per heavy atom. The Hall–Kier alpha value is -3.32. The number of nitrogens with one attached hydrogen (secondary N) is 2. The van der Waals surface area contributed by atoms with E-state index in [-0.39, 0.29) is 12.1 Å². The van der Waals surface area contributed by atoms with E-state index in [9.17, 15) is 4.79 Å². The molecule has 7 heteroatoms. The van der Waals surface area contributed by atoms with E-state index in [4.69, 9.17) is 9.47 Å². The van der Waals surface area contributed by atoms with Gasteiger partial charge in [0.25, 0.3) is 0 Å². The lowest BCUT2D eigenvalue weighted by Gasteiger charge is -2.29. The summed E-state index contributed by atoms with van der Waals surface area (Å²) in [6, 6.07) is 13.4. The van der Waals surface area contributed by atoms with Crippen molar-refractivity contribution in [3.8, 4) is 11.4 Å². The van der Waals surface area contributed by atoms with Crippen LogP contribution in [0.4, 0.5) is 5.69 Å². The van der Waals surface area contributed by atoms with E-state index in [0.717, 1.165) is 28.4 Å². The summed E-state index contributed by atoms with van der Waals surface area (Å²) in [7, 11) is 3.03. The minimum Gasteiger partial charge on any atom is -0.497 e. The van der Waals surface area contributed by atoms with Crippen molar-refractivity contribution in [1.82, 2.24) is 14.9 Å². The average molecular weight is 364 g/mol. The van der Waals surface area contributed by atoms with Gasteiger partial charge in [0.2, 0.25) is 0 Å². The second-order valence-corrected chi connectivity index (χ2v) is 6.22.